The van der Waals surface area contributed by atoms with Crippen molar-refractivity contribution in [3.63, 3.8) is 0 Å². The Morgan fingerprint density at radius 1 is 1.29 bits per heavy atom. The number of hydrogen-bond acceptors (Lipinski definition) is 2. The van der Waals surface area contributed by atoms with E-state index >= 15 is 0 Å². The molecule has 0 aromatic carbocycles. The number of unbranched alkanes of at least 4 members (excludes halogenated alkanes) is 2. The maximum Gasteiger partial charge on any atom is 0.0474 e. The first-order chi connectivity index (χ1) is 6.77. The van der Waals surface area contributed by atoms with Crippen molar-refractivity contribution in [2.75, 3.05) is 26.7 Å². The molecule has 1 saturated heterocycles. The van der Waals surface area contributed by atoms with Crippen molar-refractivity contribution in [2.45, 2.75) is 39.0 Å². The molecule has 0 unspecified atom stereocenters. The highest BCUT2D eigenvalue weighted by molar-refractivity contribution is 4.78. The number of hydrogen-bond donors (Lipinski definition) is 1. The smallest absolute Gasteiger partial charge is 0.0474 e. The van der Waals surface area contributed by atoms with Gasteiger partial charge in [-0.05, 0) is 31.8 Å². The number of rotatable bonds is 5. The van der Waals surface area contributed by atoms with Gasteiger partial charge in [0.2, 0.25) is 0 Å². The van der Waals surface area contributed by atoms with Gasteiger partial charge in [0.25, 0.3) is 0 Å². The van der Waals surface area contributed by atoms with E-state index in [1.54, 1.807) is 0 Å². The molecule has 1 rings (SSSR count). The second-order valence-electron chi connectivity index (χ2n) is 4.75. The monoisotopic (exact) mass is 199 g/mol. The topological polar surface area (TPSA) is 23.5 Å². The van der Waals surface area contributed by atoms with Crippen LogP contribution in [0.2, 0.25) is 0 Å². The van der Waals surface area contributed by atoms with Gasteiger partial charge in [-0.15, -0.1) is 0 Å². The lowest BCUT2D eigenvalue weighted by Crippen LogP contribution is -2.39. The van der Waals surface area contributed by atoms with Gasteiger partial charge in [-0.3, -0.25) is 0 Å². The summed E-state index contributed by atoms with van der Waals surface area (Å²) in [7, 11) is 2.16. The second-order valence-corrected chi connectivity index (χ2v) is 4.75. The molecule has 1 fully saturated rings. The Hall–Kier alpha value is -0.0800. The zero-order valence-electron chi connectivity index (χ0n) is 9.71. The van der Waals surface area contributed by atoms with Gasteiger partial charge in [-0.1, -0.05) is 32.6 Å². The van der Waals surface area contributed by atoms with Crippen molar-refractivity contribution in [2.24, 2.45) is 11.8 Å². The van der Waals surface area contributed by atoms with Crippen LogP contribution in [0, 0.1) is 11.8 Å². The van der Waals surface area contributed by atoms with E-state index in [2.05, 4.69) is 18.9 Å². The van der Waals surface area contributed by atoms with Gasteiger partial charge in [0, 0.05) is 13.2 Å². The highest BCUT2D eigenvalue weighted by atomic mass is 16.3. The van der Waals surface area contributed by atoms with Crippen molar-refractivity contribution in [3.05, 3.63) is 0 Å². The maximum atomic E-state index is 9.31. The normalized spacial score (nSPS) is 29.4. The number of aliphatic hydroxyl groups is 1. The molecule has 0 radical (unpaired) electrons. The first-order valence-electron chi connectivity index (χ1n) is 6.07. The predicted molar refractivity (Wildman–Crippen MR) is 60.3 cm³/mol. The van der Waals surface area contributed by atoms with Crippen LogP contribution >= 0.6 is 0 Å². The Labute approximate surface area is 88.3 Å². The van der Waals surface area contributed by atoms with E-state index in [-0.39, 0.29) is 0 Å². The summed E-state index contributed by atoms with van der Waals surface area (Å²) >= 11 is 0. The Morgan fingerprint density at radius 3 is 2.71 bits per heavy atom. The summed E-state index contributed by atoms with van der Waals surface area (Å²) in [5, 5.41) is 9.31. The van der Waals surface area contributed by atoms with Crippen LogP contribution in [0.5, 0.6) is 0 Å². The van der Waals surface area contributed by atoms with Gasteiger partial charge >= 0.3 is 0 Å². The summed E-state index contributed by atoms with van der Waals surface area (Å²) in [6.45, 7) is 4.93. The van der Waals surface area contributed by atoms with Crippen LogP contribution in [0.3, 0.4) is 0 Å². The van der Waals surface area contributed by atoms with Gasteiger partial charge in [0.15, 0.2) is 0 Å². The van der Waals surface area contributed by atoms with Crippen LogP contribution in [0.25, 0.3) is 0 Å². The molecule has 0 amide bonds. The van der Waals surface area contributed by atoms with Crippen molar-refractivity contribution < 1.29 is 5.11 Å². The molecule has 0 bridgehead atoms. The number of nitrogens with zero attached hydrogens (tertiary/aromatic N) is 1. The lowest BCUT2D eigenvalue weighted by atomic mass is 9.82. The van der Waals surface area contributed by atoms with Gasteiger partial charge < -0.3 is 10.0 Å². The van der Waals surface area contributed by atoms with Crippen molar-refractivity contribution >= 4 is 0 Å². The van der Waals surface area contributed by atoms with Gasteiger partial charge in [-0.25, -0.2) is 0 Å². The quantitative estimate of drug-likeness (QED) is 0.686. The van der Waals surface area contributed by atoms with Crippen molar-refractivity contribution in [1.29, 1.82) is 0 Å². The van der Waals surface area contributed by atoms with Crippen LogP contribution in [0.1, 0.15) is 39.0 Å². The van der Waals surface area contributed by atoms with Gasteiger partial charge in [0.1, 0.15) is 0 Å². The Kier molecular flexibility index (Phi) is 5.49. The SMILES string of the molecule is CCCCC[C@H]1CCN(C)C[C@@H]1CO. The van der Waals surface area contributed by atoms with E-state index in [0.29, 0.717) is 12.5 Å². The molecule has 0 saturated carbocycles. The third-order valence-electron chi connectivity index (χ3n) is 3.51. The molecule has 1 N–H and O–H groups in total. The molecule has 0 aliphatic carbocycles. The Balaban J connectivity index is 2.27. The fourth-order valence-corrected chi connectivity index (χ4v) is 2.51. The highest BCUT2D eigenvalue weighted by Gasteiger charge is 2.26. The lowest BCUT2D eigenvalue weighted by Gasteiger charge is -2.35. The molecular formula is C12H25NO. The maximum absolute atomic E-state index is 9.31. The van der Waals surface area contributed by atoms with E-state index in [1.165, 1.54) is 38.6 Å². The summed E-state index contributed by atoms with van der Waals surface area (Å²) in [5.41, 5.74) is 0. The molecule has 1 aliphatic heterocycles. The third-order valence-corrected chi connectivity index (χ3v) is 3.51. The van der Waals surface area contributed by atoms with Gasteiger partial charge in [0.05, 0.1) is 0 Å². The number of likely N-dealkylation sites (tertiary alicyclic amines) is 1. The van der Waals surface area contributed by atoms with Crippen LogP contribution in [0.4, 0.5) is 0 Å². The summed E-state index contributed by atoms with van der Waals surface area (Å²) in [6, 6.07) is 0. The molecule has 84 valence electrons. The zero-order valence-corrected chi connectivity index (χ0v) is 9.71. The van der Waals surface area contributed by atoms with E-state index in [0.717, 1.165) is 12.5 Å². The predicted octanol–water partition coefficient (Wildman–Crippen LogP) is 2.13. The van der Waals surface area contributed by atoms with E-state index in [1.807, 2.05) is 0 Å². The second kappa shape index (κ2) is 6.41. The molecule has 0 spiro atoms. The number of piperidine rings is 1. The van der Waals surface area contributed by atoms with Crippen LogP contribution in [-0.4, -0.2) is 36.8 Å². The fourth-order valence-electron chi connectivity index (χ4n) is 2.51. The minimum Gasteiger partial charge on any atom is -0.396 e. The first kappa shape index (κ1) is 12.0. The number of aliphatic hydroxyl groups excluding tert-OH is 1. The fraction of sp³-hybridized carbons (Fsp3) is 1.00. The summed E-state index contributed by atoms with van der Waals surface area (Å²) in [6.07, 6.45) is 6.61. The van der Waals surface area contributed by atoms with E-state index < -0.39 is 0 Å². The van der Waals surface area contributed by atoms with Crippen LogP contribution in [0.15, 0.2) is 0 Å². The standard InChI is InChI=1S/C12H25NO/c1-3-4-5-6-11-7-8-13(2)9-12(11)10-14/h11-12,14H,3-10H2,1-2H3/t11-,12+/m0/s1. The van der Waals surface area contributed by atoms with Crippen LogP contribution < -0.4 is 0 Å². The highest BCUT2D eigenvalue weighted by Crippen LogP contribution is 2.27. The molecule has 2 atom stereocenters. The first-order valence-corrected chi connectivity index (χ1v) is 6.07. The van der Waals surface area contributed by atoms with E-state index in [9.17, 15) is 5.11 Å². The average molecular weight is 199 g/mol. The zero-order chi connectivity index (χ0) is 10.4. The van der Waals surface area contributed by atoms with Gasteiger partial charge in [-0.2, -0.15) is 0 Å². The summed E-state index contributed by atoms with van der Waals surface area (Å²) in [4.78, 5) is 2.34. The Bertz CT molecular complexity index is 149. The minimum absolute atomic E-state index is 0.376. The summed E-state index contributed by atoms with van der Waals surface area (Å²) < 4.78 is 0. The molecule has 2 heteroatoms. The molecule has 1 aliphatic rings. The van der Waals surface area contributed by atoms with Crippen LogP contribution in [-0.2, 0) is 0 Å². The molecule has 1 heterocycles. The average Bonchev–Trinajstić information content (AvgIpc) is 2.20. The van der Waals surface area contributed by atoms with Crippen molar-refractivity contribution in [1.82, 2.24) is 4.90 Å². The lowest BCUT2D eigenvalue weighted by molar-refractivity contribution is 0.0810. The summed E-state index contributed by atoms with van der Waals surface area (Å²) in [5.74, 6) is 1.31. The molecule has 0 aromatic heterocycles. The Morgan fingerprint density at radius 2 is 2.07 bits per heavy atom. The molecule has 14 heavy (non-hydrogen) atoms. The largest absolute Gasteiger partial charge is 0.396 e. The molecule has 0 aromatic rings. The molecular weight excluding hydrogens is 174 g/mol. The molecule has 2 nitrogen and oxygen atoms in total. The van der Waals surface area contributed by atoms with E-state index in [4.69, 9.17) is 0 Å². The van der Waals surface area contributed by atoms with Crippen molar-refractivity contribution in [3.8, 4) is 0 Å². The third kappa shape index (κ3) is 3.58. The minimum atomic E-state index is 0.376.